The molecule has 2 aromatic carbocycles. The molecular weight excluding hydrogens is 701 g/mol. The maximum absolute atomic E-state index is 14.0. The van der Waals surface area contributed by atoms with Gasteiger partial charge in [-0.3, -0.25) is 9.36 Å². The summed E-state index contributed by atoms with van der Waals surface area (Å²) in [5.41, 5.74) is 0.0137. The van der Waals surface area contributed by atoms with Crippen molar-refractivity contribution >= 4 is 46.7 Å². The highest BCUT2D eigenvalue weighted by Crippen LogP contribution is 2.38. The van der Waals surface area contributed by atoms with Crippen molar-refractivity contribution in [1.29, 1.82) is 0 Å². The molecule has 9 nitrogen and oxygen atoms in total. The Hall–Kier alpha value is -4.66. The molecule has 0 aliphatic carbocycles. The number of esters is 1. The zero-order valence-corrected chi connectivity index (χ0v) is 28.6. The van der Waals surface area contributed by atoms with E-state index in [1.807, 2.05) is 0 Å². The molecule has 0 N–H and O–H groups in total. The number of methoxy groups -OCH3 is 1. The summed E-state index contributed by atoms with van der Waals surface area (Å²) in [4.78, 5) is 40.4. The first kappa shape index (κ1) is 34.2. The molecule has 0 saturated carbocycles. The molecule has 0 radical (unpaired) electrons. The lowest BCUT2D eigenvalue weighted by molar-refractivity contribution is -0.143. The number of allylic oxidation sites excluding steroid dienone is 1. The Morgan fingerprint density at radius 3 is 2.55 bits per heavy atom. The predicted molar refractivity (Wildman–Crippen MR) is 178 cm³/mol. The molecule has 5 aromatic rings. The van der Waals surface area contributed by atoms with Crippen LogP contribution in [0.15, 0.2) is 102 Å². The van der Waals surface area contributed by atoms with Crippen molar-refractivity contribution in [3.63, 3.8) is 0 Å². The summed E-state index contributed by atoms with van der Waals surface area (Å²) in [5.74, 6) is 0.000942. The Balaban J connectivity index is 1.40. The highest BCUT2D eigenvalue weighted by Gasteiger charge is 2.36. The van der Waals surface area contributed by atoms with E-state index in [-0.39, 0.29) is 31.8 Å². The third-order valence-corrected chi connectivity index (χ3v) is 9.21. The minimum Gasteiger partial charge on any atom is -0.496 e. The number of aromatic nitrogens is 3. The Kier molecular flexibility index (Phi) is 9.56. The van der Waals surface area contributed by atoms with Crippen molar-refractivity contribution in [2.45, 2.75) is 49.3 Å². The largest absolute Gasteiger partial charge is 0.496 e. The molecule has 4 heterocycles. The van der Waals surface area contributed by atoms with Gasteiger partial charge in [-0.1, -0.05) is 53.3 Å². The molecular formula is C34H26ClF3N4O5S2. The molecule has 1 aliphatic rings. The molecule has 252 valence electrons. The number of carbonyl (C=O) groups excluding carboxylic acids is 1. The first-order valence-electron chi connectivity index (χ1n) is 14.7. The minimum atomic E-state index is -4.69. The Labute approximate surface area is 290 Å². The molecule has 6 rings (SSSR count). The van der Waals surface area contributed by atoms with Gasteiger partial charge in [0.15, 0.2) is 15.1 Å². The van der Waals surface area contributed by atoms with Crippen molar-refractivity contribution in [2.75, 3.05) is 7.11 Å². The smallest absolute Gasteiger partial charge is 0.433 e. The summed E-state index contributed by atoms with van der Waals surface area (Å²) in [7, 11) is 1.47. The molecule has 49 heavy (non-hydrogen) atoms. The van der Waals surface area contributed by atoms with E-state index in [1.54, 1.807) is 81.4 Å². The van der Waals surface area contributed by atoms with E-state index < -0.39 is 35.5 Å². The monoisotopic (exact) mass is 726 g/mol. The molecule has 0 spiro atoms. The van der Waals surface area contributed by atoms with Crippen LogP contribution in [0.25, 0.3) is 17.3 Å². The molecule has 0 bridgehead atoms. The van der Waals surface area contributed by atoms with Crippen LogP contribution in [0.3, 0.4) is 0 Å². The van der Waals surface area contributed by atoms with Crippen molar-refractivity contribution in [3.05, 3.63) is 120 Å². The summed E-state index contributed by atoms with van der Waals surface area (Å²) >= 11 is 8.25. The number of thiazole rings is 1. The number of benzene rings is 2. The molecule has 3 aromatic heterocycles. The van der Waals surface area contributed by atoms with Crippen LogP contribution in [0, 0.1) is 0 Å². The van der Waals surface area contributed by atoms with Gasteiger partial charge in [-0.05, 0) is 68.9 Å². The SMILES string of the molecule is COc1ccc(Cl)cc1[C@H]1C(C(=O)OC(C)C)=C(C)N=c2s/c(=C\c3ccc(Sc4nc(-c5ccccc5)cc(C(F)(F)F)n4)o3)c(=O)n21. The number of alkyl halides is 3. The molecule has 0 amide bonds. The molecule has 0 saturated heterocycles. The van der Waals surface area contributed by atoms with Crippen LogP contribution in [-0.2, 0) is 15.7 Å². The van der Waals surface area contributed by atoms with E-state index in [1.165, 1.54) is 17.8 Å². The van der Waals surface area contributed by atoms with Crippen molar-refractivity contribution in [2.24, 2.45) is 4.99 Å². The normalized spacial score (nSPS) is 15.0. The van der Waals surface area contributed by atoms with Crippen molar-refractivity contribution in [3.8, 4) is 17.0 Å². The van der Waals surface area contributed by atoms with Gasteiger partial charge < -0.3 is 13.9 Å². The number of rotatable bonds is 8. The maximum Gasteiger partial charge on any atom is 0.433 e. The molecule has 15 heteroatoms. The number of nitrogens with zero attached hydrogens (tertiary/aromatic N) is 4. The van der Waals surface area contributed by atoms with Gasteiger partial charge in [0, 0.05) is 22.2 Å². The van der Waals surface area contributed by atoms with Gasteiger partial charge in [-0.2, -0.15) is 13.2 Å². The lowest BCUT2D eigenvalue weighted by Gasteiger charge is -2.26. The topological polar surface area (TPSA) is 109 Å². The van der Waals surface area contributed by atoms with Gasteiger partial charge in [0.05, 0.1) is 34.7 Å². The Bertz CT molecular complexity index is 2280. The van der Waals surface area contributed by atoms with Gasteiger partial charge in [0.1, 0.15) is 23.2 Å². The standard InChI is InChI=1S/C34H26ClF3N4O5S2/c1-17(2)46-31(44)28-18(3)39-33-42(29(28)22-14-20(35)10-12-24(22)45-4)30(43)25(48-33)15-21-11-13-27(47-21)49-32-40-23(19-8-6-5-7-9-19)16-26(41-32)34(36,37)38/h5-17,29H,1-4H3/b25-15-/t29-/m0/s1. The Morgan fingerprint density at radius 2 is 1.86 bits per heavy atom. The fraction of sp³-hybridized carbons (Fsp3) is 0.206. The summed E-state index contributed by atoms with van der Waals surface area (Å²) in [5, 5.41) is 0.402. The highest BCUT2D eigenvalue weighted by molar-refractivity contribution is 7.99. The summed E-state index contributed by atoms with van der Waals surface area (Å²) < 4.78 is 59.8. The van der Waals surface area contributed by atoms with Crippen LogP contribution < -0.4 is 19.6 Å². The van der Waals surface area contributed by atoms with Gasteiger partial charge >= 0.3 is 12.1 Å². The zero-order valence-electron chi connectivity index (χ0n) is 26.2. The highest BCUT2D eigenvalue weighted by atomic mass is 35.5. The first-order valence-corrected chi connectivity index (χ1v) is 16.7. The second kappa shape index (κ2) is 13.7. The molecule has 1 atom stereocenters. The number of furan rings is 1. The van der Waals surface area contributed by atoms with Gasteiger partial charge in [-0.15, -0.1) is 0 Å². The van der Waals surface area contributed by atoms with Crippen LogP contribution in [0.4, 0.5) is 13.2 Å². The number of hydrogen-bond donors (Lipinski definition) is 0. The fourth-order valence-electron chi connectivity index (χ4n) is 5.13. The second-order valence-corrected chi connectivity index (χ2v) is 13.4. The molecule has 0 fully saturated rings. The van der Waals surface area contributed by atoms with E-state index in [9.17, 15) is 22.8 Å². The Morgan fingerprint density at radius 1 is 1.10 bits per heavy atom. The molecule has 0 unspecified atom stereocenters. The quantitative estimate of drug-likeness (QED) is 0.124. The summed E-state index contributed by atoms with van der Waals surface area (Å²) in [6.07, 6.45) is -3.63. The van der Waals surface area contributed by atoms with Gasteiger partial charge in [0.25, 0.3) is 5.56 Å². The average molecular weight is 727 g/mol. The maximum atomic E-state index is 14.0. The lowest BCUT2D eigenvalue weighted by Crippen LogP contribution is -2.40. The second-order valence-electron chi connectivity index (χ2n) is 11.0. The third kappa shape index (κ3) is 7.21. The van der Waals surface area contributed by atoms with Crippen LogP contribution in [0.1, 0.15) is 43.8 Å². The van der Waals surface area contributed by atoms with Crippen LogP contribution >= 0.6 is 34.7 Å². The summed E-state index contributed by atoms with van der Waals surface area (Å²) in [6, 6.07) is 16.4. The number of ether oxygens (including phenoxy) is 2. The van der Waals surface area contributed by atoms with E-state index in [0.717, 1.165) is 29.2 Å². The van der Waals surface area contributed by atoms with Gasteiger partial charge in [-0.25, -0.2) is 19.8 Å². The number of carbonyl (C=O) groups is 1. The predicted octanol–water partition coefficient (Wildman–Crippen LogP) is 7.07. The fourth-order valence-corrected chi connectivity index (χ4v) is 7.08. The van der Waals surface area contributed by atoms with E-state index in [4.69, 9.17) is 25.5 Å². The summed E-state index contributed by atoms with van der Waals surface area (Å²) in [6.45, 7) is 5.09. The van der Waals surface area contributed by atoms with Crippen molar-refractivity contribution in [1.82, 2.24) is 14.5 Å². The van der Waals surface area contributed by atoms with Crippen LogP contribution in [0.5, 0.6) is 5.75 Å². The average Bonchev–Trinajstić information content (AvgIpc) is 3.62. The van der Waals surface area contributed by atoms with E-state index >= 15 is 0 Å². The van der Waals surface area contributed by atoms with E-state index in [0.29, 0.717) is 32.4 Å². The first-order chi connectivity index (χ1) is 23.3. The van der Waals surface area contributed by atoms with Crippen LogP contribution in [-0.4, -0.2) is 33.7 Å². The number of fused-ring (bicyclic) bond motifs is 1. The van der Waals surface area contributed by atoms with Crippen LogP contribution in [0.2, 0.25) is 5.02 Å². The lowest BCUT2D eigenvalue weighted by atomic mass is 9.95. The number of halogens is 4. The van der Waals surface area contributed by atoms with Crippen molar-refractivity contribution < 1.29 is 31.9 Å². The van der Waals surface area contributed by atoms with E-state index in [2.05, 4.69) is 15.0 Å². The number of hydrogen-bond acceptors (Lipinski definition) is 10. The third-order valence-electron chi connectivity index (χ3n) is 7.20. The minimum absolute atomic E-state index is 0.108. The van der Waals surface area contributed by atoms with Gasteiger partial charge in [0.2, 0.25) is 0 Å². The molecule has 1 aliphatic heterocycles. The zero-order chi connectivity index (χ0) is 35.0.